The lowest BCUT2D eigenvalue weighted by Crippen LogP contribution is -2.40. The molecule has 2 aromatic rings. The van der Waals surface area contributed by atoms with Gasteiger partial charge >= 0.3 is 0 Å². The number of Topliss-reactive ketones (excluding diaryl/α,β-unsaturated/α-hetero) is 1. The summed E-state index contributed by atoms with van der Waals surface area (Å²) in [6.07, 6.45) is 2.11. The number of allylic oxidation sites excluding steroid dienone is 2. The number of ketones is 1. The quantitative estimate of drug-likeness (QED) is 0.592. The molecule has 2 aromatic carbocycles. The molecule has 3 nitrogen and oxygen atoms in total. The topological polar surface area (TPSA) is 37.4 Å². The fourth-order valence-corrected chi connectivity index (χ4v) is 5.12. The van der Waals surface area contributed by atoms with Crippen molar-refractivity contribution < 1.29 is 9.59 Å². The first-order valence-electron chi connectivity index (χ1n) is 9.48. The summed E-state index contributed by atoms with van der Waals surface area (Å²) in [6.45, 7) is 4.02. The zero-order valence-corrected chi connectivity index (χ0v) is 17.4. The number of carbonyl (C=O) groups excluding carboxylic acids is 2. The average Bonchev–Trinajstić information content (AvgIpc) is 2.60. The number of benzene rings is 2. The molecular weight excluding hydrogens is 393 g/mol. The summed E-state index contributed by atoms with van der Waals surface area (Å²) in [5.74, 6) is -0.331. The molecule has 1 heterocycles. The number of halogens is 2. The number of aryl methyl sites for hydroxylation is 2. The second-order valence-corrected chi connectivity index (χ2v) is 8.42. The van der Waals surface area contributed by atoms with Gasteiger partial charge in [0.1, 0.15) is 0 Å². The average molecular weight is 414 g/mol. The minimum Gasteiger partial charge on any atom is -0.294 e. The Hall–Kier alpha value is -2.10. The predicted octanol–water partition coefficient (Wildman–Crippen LogP) is 6.14. The van der Waals surface area contributed by atoms with Gasteiger partial charge in [-0.05, 0) is 67.6 Å². The molecule has 1 aliphatic heterocycles. The first kappa shape index (κ1) is 19.2. The maximum atomic E-state index is 13.3. The van der Waals surface area contributed by atoms with Gasteiger partial charge in [0, 0.05) is 45.8 Å². The Kier molecular flexibility index (Phi) is 5.07. The molecule has 2 aliphatic rings. The third-order valence-corrected chi connectivity index (χ3v) is 6.15. The number of hydrogen-bond donors (Lipinski definition) is 0. The highest BCUT2D eigenvalue weighted by Gasteiger charge is 2.41. The smallest absolute Gasteiger partial charge is 0.232 e. The molecule has 0 N–H and O–H groups in total. The Bertz CT molecular complexity index is 985. The standard InChI is InChI=1S/C23H21Cl2NO2/c1-13-9-14(2)11-15(10-13)26-19-7-4-8-20(27)23(19)16(12-21(26)28)22-17(24)5-3-6-18(22)25/h3,5-6,9-11,16H,4,7-8,12H2,1-2H3. The lowest BCUT2D eigenvalue weighted by molar-refractivity contribution is -0.119. The van der Waals surface area contributed by atoms with Crippen molar-refractivity contribution in [2.75, 3.05) is 4.90 Å². The third kappa shape index (κ3) is 3.27. The maximum Gasteiger partial charge on any atom is 0.232 e. The molecule has 5 heteroatoms. The van der Waals surface area contributed by atoms with Gasteiger partial charge in [0.2, 0.25) is 5.91 Å². The van der Waals surface area contributed by atoms with Gasteiger partial charge in [-0.1, -0.05) is 35.3 Å². The molecule has 0 fully saturated rings. The Balaban J connectivity index is 1.92. The van der Waals surface area contributed by atoms with Crippen LogP contribution in [0.4, 0.5) is 5.69 Å². The minimum atomic E-state index is -0.390. The summed E-state index contributed by atoms with van der Waals surface area (Å²) in [5.41, 5.74) is 5.18. The Labute approximate surface area is 174 Å². The van der Waals surface area contributed by atoms with Crippen LogP contribution in [-0.4, -0.2) is 11.7 Å². The SMILES string of the molecule is Cc1cc(C)cc(N2C(=O)CC(c3c(Cl)cccc3Cl)C3=C2CCCC3=O)c1. The number of hydrogen-bond acceptors (Lipinski definition) is 2. The van der Waals surface area contributed by atoms with E-state index in [0.717, 1.165) is 28.9 Å². The van der Waals surface area contributed by atoms with Crippen molar-refractivity contribution in [3.63, 3.8) is 0 Å². The van der Waals surface area contributed by atoms with Crippen LogP contribution >= 0.6 is 23.2 Å². The molecule has 28 heavy (non-hydrogen) atoms. The lowest BCUT2D eigenvalue weighted by atomic mass is 9.77. The first-order chi connectivity index (χ1) is 13.4. The van der Waals surface area contributed by atoms with Crippen LogP contribution in [0.3, 0.4) is 0 Å². The highest BCUT2D eigenvalue weighted by atomic mass is 35.5. The van der Waals surface area contributed by atoms with Gasteiger partial charge in [-0.3, -0.25) is 14.5 Å². The van der Waals surface area contributed by atoms with Gasteiger partial charge in [0.15, 0.2) is 5.78 Å². The van der Waals surface area contributed by atoms with Gasteiger partial charge in [-0.25, -0.2) is 0 Å². The van der Waals surface area contributed by atoms with E-state index in [1.54, 1.807) is 23.1 Å². The molecule has 0 aromatic heterocycles. The number of amides is 1. The molecule has 0 saturated heterocycles. The summed E-state index contributed by atoms with van der Waals surface area (Å²) < 4.78 is 0. The van der Waals surface area contributed by atoms with Crippen LogP contribution in [0.1, 0.15) is 48.3 Å². The van der Waals surface area contributed by atoms with Crippen LogP contribution in [0.25, 0.3) is 0 Å². The molecule has 0 radical (unpaired) electrons. The molecule has 0 saturated carbocycles. The van der Waals surface area contributed by atoms with E-state index < -0.39 is 5.92 Å². The van der Waals surface area contributed by atoms with E-state index in [-0.39, 0.29) is 18.1 Å². The fraction of sp³-hybridized carbons (Fsp3) is 0.304. The van der Waals surface area contributed by atoms with Crippen molar-refractivity contribution in [3.05, 3.63) is 74.4 Å². The van der Waals surface area contributed by atoms with E-state index in [1.165, 1.54) is 0 Å². The van der Waals surface area contributed by atoms with E-state index >= 15 is 0 Å². The summed E-state index contributed by atoms with van der Waals surface area (Å²) in [7, 11) is 0. The first-order valence-corrected chi connectivity index (χ1v) is 10.2. The molecule has 144 valence electrons. The predicted molar refractivity (Wildman–Crippen MR) is 113 cm³/mol. The van der Waals surface area contributed by atoms with E-state index in [2.05, 4.69) is 6.07 Å². The minimum absolute atomic E-state index is 0.0283. The van der Waals surface area contributed by atoms with Crippen molar-refractivity contribution >= 4 is 40.6 Å². The van der Waals surface area contributed by atoms with Crippen LogP contribution in [0.5, 0.6) is 0 Å². The largest absolute Gasteiger partial charge is 0.294 e. The fourth-order valence-electron chi connectivity index (χ4n) is 4.46. The van der Waals surface area contributed by atoms with Crippen molar-refractivity contribution in [1.82, 2.24) is 0 Å². The van der Waals surface area contributed by atoms with Crippen molar-refractivity contribution in [3.8, 4) is 0 Å². The van der Waals surface area contributed by atoms with E-state index in [0.29, 0.717) is 34.0 Å². The van der Waals surface area contributed by atoms with Crippen LogP contribution < -0.4 is 4.90 Å². The number of nitrogens with zero attached hydrogens (tertiary/aromatic N) is 1. The van der Waals surface area contributed by atoms with Crippen LogP contribution in [0.15, 0.2) is 47.7 Å². The van der Waals surface area contributed by atoms with Crippen molar-refractivity contribution in [1.29, 1.82) is 0 Å². The molecule has 4 rings (SSSR count). The Morgan fingerprint density at radius 1 is 0.964 bits per heavy atom. The summed E-state index contributed by atoms with van der Waals surface area (Å²) in [4.78, 5) is 28.0. The summed E-state index contributed by atoms with van der Waals surface area (Å²) in [6, 6.07) is 11.4. The van der Waals surface area contributed by atoms with Gasteiger partial charge in [-0.2, -0.15) is 0 Å². The van der Waals surface area contributed by atoms with Gasteiger partial charge in [0.05, 0.1) is 0 Å². The molecular formula is C23H21Cl2NO2. The Morgan fingerprint density at radius 2 is 1.61 bits per heavy atom. The monoisotopic (exact) mass is 413 g/mol. The number of anilines is 1. The maximum absolute atomic E-state index is 13.3. The second kappa shape index (κ2) is 7.38. The number of carbonyl (C=O) groups is 2. The van der Waals surface area contributed by atoms with Gasteiger partial charge in [0.25, 0.3) is 0 Å². The molecule has 1 amide bonds. The second-order valence-electron chi connectivity index (χ2n) is 7.60. The van der Waals surface area contributed by atoms with Crippen LogP contribution in [0.2, 0.25) is 10.0 Å². The van der Waals surface area contributed by atoms with Crippen molar-refractivity contribution in [2.24, 2.45) is 0 Å². The molecule has 1 atom stereocenters. The van der Waals surface area contributed by atoms with Crippen LogP contribution in [-0.2, 0) is 9.59 Å². The van der Waals surface area contributed by atoms with Crippen LogP contribution in [0, 0.1) is 13.8 Å². The van der Waals surface area contributed by atoms with E-state index in [4.69, 9.17) is 23.2 Å². The zero-order chi connectivity index (χ0) is 20.0. The van der Waals surface area contributed by atoms with Gasteiger partial charge < -0.3 is 0 Å². The molecule has 0 spiro atoms. The van der Waals surface area contributed by atoms with Gasteiger partial charge in [-0.15, -0.1) is 0 Å². The summed E-state index contributed by atoms with van der Waals surface area (Å²) in [5, 5.41) is 0.991. The Morgan fingerprint density at radius 3 is 2.25 bits per heavy atom. The van der Waals surface area contributed by atoms with E-state index in [1.807, 2.05) is 26.0 Å². The summed E-state index contributed by atoms with van der Waals surface area (Å²) >= 11 is 12.9. The highest BCUT2D eigenvalue weighted by molar-refractivity contribution is 6.36. The van der Waals surface area contributed by atoms with E-state index in [9.17, 15) is 9.59 Å². The molecule has 0 bridgehead atoms. The molecule has 1 unspecified atom stereocenters. The highest BCUT2D eigenvalue weighted by Crippen LogP contribution is 2.46. The number of rotatable bonds is 2. The zero-order valence-electron chi connectivity index (χ0n) is 15.9. The lowest BCUT2D eigenvalue weighted by Gasteiger charge is -2.39. The molecule has 1 aliphatic carbocycles. The normalized spacial score (nSPS) is 19.9. The van der Waals surface area contributed by atoms with Crippen molar-refractivity contribution in [2.45, 2.75) is 45.4 Å². The third-order valence-electron chi connectivity index (χ3n) is 5.49.